The molecule has 1 fully saturated rings. The van der Waals surface area contributed by atoms with E-state index in [1.165, 1.54) is 32.1 Å². The fourth-order valence-electron chi connectivity index (χ4n) is 2.35. The van der Waals surface area contributed by atoms with E-state index in [1.807, 2.05) is 0 Å². The second-order valence-electron chi connectivity index (χ2n) is 4.82. The van der Waals surface area contributed by atoms with Crippen molar-refractivity contribution in [1.82, 2.24) is 10.1 Å². The lowest BCUT2D eigenvalue weighted by atomic mass is 9.91. The van der Waals surface area contributed by atoms with E-state index in [0.717, 1.165) is 12.8 Å². The fourth-order valence-corrected chi connectivity index (χ4v) is 2.35. The van der Waals surface area contributed by atoms with E-state index < -0.39 is 6.04 Å². The summed E-state index contributed by atoms with van der Waals surface area (Å²) in [7, 11) is 0. The van der Waals surface area contributed by atoms with Crippen molar-refractivity contribution in [3.8, 4) is 0 Å². The first kappa shape index (κ1) is 12.5. The summed E-state index contributed by atoms with van der Waals surface area (Å²) in [5, 5.41) is 12.8. The fraction of sp³-hybridized carbons (Fsp3) is 0.833. The smallest absolute Gasteiger partial charge is 0.229 e. The van der Waals surface area contributed by atoms with E-state index in [2.05, 4.69) is 10.1 Å². The van der Waals surface area contributed by atoms with Crippen LogP contribution in [-0.2, 0) is 0 Å². The minimum atomic E-state index is -0.527. The number of aliphatic hydroxyl groups is 1. The molecule has 1 heterocycles. The van der Waals surface area contributed by atoms with Gasteiger partial charge < -0.3 is 15.4 Å². The van der Waals surface area contributed by atoms with Gasteiger partial charge in [-0.05, 0) is 12.8 Å². The second-order valence-corrected chi connectivity index (χ2v) is 4.82. The molecule has 17 heavy (non-hydrogen) atoms. The monoisotopic (exact) mass is 239 g/mol. The van der Waals surface area contributed by atoms with Gasteiger partial charge in [-0.3, -0.25) is 0 Å². The van der Waals surface area contributed by atoms with Gasteiger partial charge in [-0.1, -0.05) is 37.3 Å². The highest BCUT2D eigenvalue weighted by Crippen LogP contribution is 2.30. The van der Waals surface area contributed by atoms with Crippen LogP contribution in [-0.4, -0.2) is 21.9 Å². The van der Waals surface area contributed by atoms with Crippen molar-refractivity contribution in [3.63, 3.8) is 0 Å². The molecule has 1 aliphatic rings. The summed E-state index contributed by atoms with van der Waals surface area (Å²) in [6.07, 6.45) is 8.65. The third-order valence-corrected chi connectivity index (χ3v) is 3.44. The molecule has 1 aliphatic carbocycles. The molecule has 1 aromatic heterocycles. The van der Waals surface area contributed by atoms with Crippen LogP contribution in [0.2, 0.25) is 0 Å². The summed E-state index contributed by atoms with van der Waals surface area (Å²) in [5.41, 5.74) is 5.66. The largest absolute Gasteiger partial charge is 0.394 e. The third kappa shape index (κ3) is 3.26. The Hall–Kier alpha value is -0.940. The number of hydrogen-bond donors (Lipinski definition) is 2. The van der Waals surface area contributed by atoms with Gasteiger partial charge in [0.1, 0.15) is 0 Å². The first-order valence-electron chi connectivity index (χ1n) is 6.51. The predicted molar refractivity (Wildman–Crippen MR) is 63.4 cm³/mol. The van der Waals surface area contributed by atoms with Gasteiger partial charge in [0.2, 0.25) is 5.89 Å². The maximum atomic E-state index is 8.94. The Labute approximate surface area is 101 Å². The molecule has 5 heteroatoms. The van der Waals surface area contributed by atoms with Gasteiger partial charge >= 0.3 is 0 Å². The van der Waals surface area contributed by atoms with Gasteiger partial charge in [0.15, 0.2) is 5.82 Å². The van der Waals surface area contributed by atoms with Gasteiger partial charge in [0, 0.05) is 5.92 Å². The molecule has 1 aromatic rings. The van der Waals surface area contributed by atoms with Crippen LogP contribution >= 0.6 is 0 Å². The van der Waals surface area contributed by atoms with Crippen molar-refractivity contribution in [2.24, 2.45) is 5.73 Å². The van der Waals surface area contributed by atoms with Crippen molar-refractivity contribution < 1.29 is 9.63 Å². The predicted octanol–water partition coefficient (Wildman–Crippen LogP) is 1.89. The quantitative estimate of drug-likeness (QED) is 0.841. The molecule has 0 radical (unpaired) electrons. The average Bonchev–Trinajstić information content (AvgIpc) is 2.77. The molecule has 5 nitrogen and oxygen atoms in total. The molecule has 2 rings (SSSR count). The average molecular weight is 239 g/mol. The minimum absolute atomic E-state index is 0.149. The number of hydrogen-bond acceptors (Lipinski definition) is 5. The van der Waals surface area contributed by atoms with E-state index >= 15 is 0 Å². The summed E-state index contributed by atoms with van der Waals surface area (Å²) in [6, 6.07) is -0.527. The molecular formula is C12H21N3O2. The van der Waals surface area contributed by atoms with Crippen molar-refractivity contribution in [2.75, 3.05) is 6.61 Å². The van der Waals surface area contributed by atoms with E-state index in [4.69, 9.17) is 15.4 Å². The number of rotatable bonds is 3. The van der Waals surface area contributed by atoms with Crippen molar-refractivity contribution in [3.05, 3.63) is 11.7 Å². The molecule has 0 aromatic carbocycles. The maximum Gasteiger partial charge on any atom is 0.229 e. The van der Waals surface area contributed by atoms with Crippen LogP contribution in [0.15, 0.2) is 4.52 Å². The zero-order chi connectivity index (χ0) is 12.1. The zero-order valence-corrected chi connectivity index (χ0v) is 10.1. The van der Waals surface area contributed by atoms with Gasteiger partial charge in [-0.2, -0.15) is 4.98 Å². The van der Waals surface area contributed by atoms with E-state index in [1.54, 1.807) is 0 Å². The van der Waals surface area contributed by atoms with Crippen LogP contribution in [0.4, 0.5) is 0 Å². The number of nitrogens with zero attached hydrogens (tertiary/aromatic N) is 2. The molecule has 0 saturated heterocycles. The van der Waals surface area contributed by atoms with Crippen molar-refractivity contribution in [1.29, 1.82) is 0 Å². The number of nitrogens with two attached hydrogens (primary N) is 1. The molecule has 1 atom stereocenters. The summed E-state index contributed by atoms with van der Waals surface area (Å²) in [6.45, 7) is -0.149. The standard InChI is InChI=1S/C12H21N3O2/c13-10(8-16)11-14-12(17-15-11)9-6-4-2-1-3-5-7-9/h9-10,16H,1-8,13H2. The number of aliphatic hydroxyl groups excluding tert-OH is 1. The highest BCUT2D eigenvalue weighted by Gasteiger charge is 2.21. The van der Waals surface area contributed by atoms with Gasteiger partial charge in [-0.15, -0.1) is 0 Å². The Morgan fingerprint density at radius 3 is 2.53 bits per heavy atom. The van der Waals surface area contributed by atoms with E-state index in [-0.39, 0.29) is 6.61 Å². The molecule has 3 N–H and O–H groups in total. The molecule has 96 valence electrons. The SMILES string of the molecule is NC(CO)c1noc(C2CCCCCCC2)n1. The highest BCUT2D eigenvalue weighted by molar-refractivity contribution is 4.98. The first-order valence-corrected chi connectivity index (χ1v) is 6.51. The zero-order valence-electron chi connectivity index (χ0n) is 10.1. The first-order chi connectivity index (χ1) is 8.31. The molecule has 1 unspecified atom stereocenters. The Balaban J connectivity index is 2.01. The minimum Gasteiger partial charge on any atom is -0.394 e. The van der Waals surface area contributed by atoms with Crippen LogP contribution in [0.25, 0.3) is 0 Å². The molecular weight excluding hydrogens is 218 g/mol. The van der Waals surface area contributed by atoms with Crippen LogP contribution in [0.3, 0.4) is 0 Å². The van der Waals surface area contributed by atoms with Crippen LogP contribution in [0.1, 0.15) is 68.6 Å². The normalized spacial score (nSPS) is 20.8. The van der Waals surface area contributed by atoms with Gasteiger partial charge in [0.05, 0.1) is 12.6 Å². The summed E-state index contributed by atoms with van der Waals surface area (Å²) >= 11 is 0. The van der Waals surface area contributed by atoms with E-state index in [9.17, 15) is 0 Å². The Morgan fingerprint density at radius 2 is 1.88 bits per heavy atom. The Morgan fingerprint density at radius 1 is 1.24 bits per heavy atom. The molecule has 0 aliphatic heterocycles. The third-order valence-electron chi connectivity index (χ3n) is 3.44. The Kier molecular flexibility index (Phi) is 4.50. The van der Waals surface area contributed by atoms with E-state index in [0.29, 0.717) is 17.6 Å². The maximum absolute atomic E-state index is 8.94. The summed E-state index contributed by atoms with van der Waals surface area (Å²) in [4.78, 5) is 4.31. The lowest BCUT2D eigenvalue weighted by molar-refractivity contribution is 0.258. The topological polar surface area (TPSA) is 85.2 Å². The van der Waals surface area contributed by atoms with Gasteiger partial charge in [-0.25, -0.2) is 0 Å². The van der Waals surface area contributed by atoms with Crippen LogP contribution in [0, 0.1) is 0 Å². The van der Waals surface area contributed by atoms with Crippen molar-refractivity contribution in [2.45, 2.75) is 56.9 Å². The second kappa shape index (κ2) is 6.12. The molecule has 1 saturated carbocycles. The molecule has 0 bridgehead atoms. The summed E-state index contributed by atoms with van der Waals surface area (Å²) < 4.78 is 5.27. The number of aromatic nitrogens is 2. The molecule has 0 amide bonds. The highest BCUT2D eigenvalue weighted by atomic mass is 16.5. The van der Waals surface area contributed by atoms with Crippen LogP contribution < -0.4 is 5.73 Å². The van der Waals surface area contributed by atoms with Crippen LogP contribution in [0.5, 0.6) is 0 Å². The van der Waals surface area contributed by atoms with Crippen molar-refractivity contribution >= 4 is 0 Å². The lowest BCUT2D eigenvalue weighted by Gasteiger charge is -2.15. The molecule has 0 spiro atoms. The van der Waals surface area contributed by atoms with Gasteiger partial charge in [0.25, 0.3) is 0 Å². The lowest BCUT2D eigenvalue weighted by Crippen LogP contribution is -2.16. The Bertz CT molecular complexity index is 332. The summed E-state index contributed by atoms with van der Waals surface area (Å²) in [5.74, 6) is 1.50.